The molecular weight excluding hydrogens is 354 g/mol. The first-order chi connectivity index (χ1) is 12.3. The van der Waals surface area contributed by atoms with E-state index in [-0.39, 0.29) is 22.3 Å². The molecule has 0 aliphatic carbocycles. The monoisotopic (exact) mass is 381 g/mol. The van der Waals surface area contributed by atoms with Gasteiger partial charge in [-0.15, -0.1) is 0 Å². The quantitative estimate of drug-likeness (QED) is 0.841. The number of nitrogens with zero attached hydrogens (tertiary/aromatic N) is 2. The van der Waals surface area contributed by atoms with Crippen LogP contribution in [-0.2, 0) is 14.8 Å². The van der Waals surface area contributed by atoms with Crippen LogP contribution in [0.4, 0.5) is 0 Å². The van der Waals surface area contributed by atoms with Crippen LogP contribution in [0.2, 0.25) is 0 Å². The van der Waals surface area contributed by atoms with Crippen molar-refractivity contribution in [3.8, 4) is 5.75 Å². The first kappa shape index (κ1) is 19.1. The average molecular weight is 381 g/mol. The van der Waals surface area contributed by atoms with E-state index in [9.17, 15) is 13.2 Å². The van der Waals surface area contributed by atoms with Crippen LogP contribution in [0.25, 0.3) is 0 Å². The number of hydrogen-bond donors (Lipinski definition) is 1. The van der Waals surface area contributed by atoms with E-state index in [1.165, 1.54) is 11.4 Å². The number of nitrogens with two attached hydrogens (primary N) is 1. The molecule has 1 aromatic carbocycles. The Morgan fingerprint density at radius 1 is 1.23 bits per heavy atom. The highest BCUT2D eigenvalue weighted by Gasteiger charge is 2.49. The number of primary amides is 1. The summed E-state index contributed by atoms with van der Waals surface area (Å²) in [6.07, 6.45) is 3.21. The number of methoxy groups -OCH3 is 1. The highest BCUT2D eigenvalue weighted by atomic mass is 32.2. The summed E-state index contributed by atoms with van der Waals surface area (Å²) in [7, 11) is -0.138. The Balaban J connectivity index is 1.80. The molecule has 0 radical (unpaired) electrons. The summed E-state index contributed by atoms with van der Waals surface area (Å²) in [6, 6.07) is 6.21. The lowest BCUT2D eigenvalue weighted by atomic mass is 9.67. The van der Waals surface area contributed by atoms with E-state index in [2.05, 4.69) is 0 Å². The van der Waals surface area contributed by atoms with Crippen LogP contribution in [0.1, 0.15) is 25.7 Å². The van der Waals surface area contributed by atoms with E-state index in [0.29, 0.717) is 31.7 Å². The lowest BCUT2D eigenvalue weighted by molar-refractivity contribution is -0.132. The van der Waals surface area contributed by atoms with E-state index < -0.39 is 10.0 Å². The van der Waals surface area contributed by atoms with Crippen LogP contribution in [-0.4, -0.2) is 63.4 Å². The number of amides is 1. The molecule has 1 atom stereocenters. The number of sulfonamides is 1. The normalized spacial score (nSPS) is 24.5. The molecule has 1 aromatic rings. The molecule has 3 rings (SSSR count). The van der Waals surface area contributed by atoms with E-state index in [1.54, 1.807) is 24.3 Å². The molecule has 7 nitrogen and oxygen atoms in total. The number of carbonyl (C=O) groups is 1. The number of benzene rings is 1. The molecule has 2 fully saturated rings. The molecule has 1 amide bonds. The van der Waals surface area contributed by atoms with Gasteiger partial charge in [0.05, 0.1) is 18.0 Å². The standard InChI is InChI=1S/C18H27N3O4S/c1-20-10-4-7-18(16(20)17(19)22)8-11-21(12-9-18)26(23,24)15-6-3-5-14(13-15)25-2/h3,5-6,13,16H,4,7-12H2,1-2H3,(H2,19,22). The molecule has 144 valence electrons. The van der Waals surface area contributed by atoms with Gasteiger partial charge in [0.15, 0.2) is 0 Å². The minimum atomic E-state index is -3.58. The zero-order valence-corrected chi connectivity index (χ0v) is 16.2. The van der Waals surface area contributed by atoms with Crippen molar-refractivity contribution in [1.82, 2.24) is 9.21 Å². The van der Waals surface area contributed by atoms with Crippen LogP contribution in [0, 0.1) is 5.41 Å². The molecule has 0 bridgehead atoms. The Hall–Kier alpha value is -1.64. The minimum absolute atomic E-state index is 0.223. The summed E-state index contributed by atoms with van der Waals surface area (Å²) in [5.41, 5.74) is 5.46. The second-order valence-electron chi connectivity index (χ2n) is 7.33. The summed E-state index contributed by atoms with van der Waals surface area (Å²) in [5.74, 6) is 0.207. The molecule has 2 N–H and O–H groups in total. The average Bonchev–Trinajstić information content (AvgIpc) is 2.62. The van der Waals surface area contributed by atoms with Gasteiger partial charge in [0.2, 0.25) is 15.9 Å². The van der Waals surface area contributed by atoms with Gasteiger partial charge >= 0.3 is 0 Å². The van der Waals surface area contributed by atoms with Gasteiger partial charge in [-0.2, -0.15) is 4.31 Å². The fourth-order valence-corrected chi connectivity index (χ4v) is 6.02. The molecule has 0 saturated carbocycles. The number of ether oxygens (including phenoxy) is 1. The van der Waals surface area contributed by atoms with Gasteiger partial charge in [0.1, 0.15) is 5.75 Å². The molecule has 2 aliphatic heterocycles. The minimum Gasteiger partial charge on any atom is -0.497 e. The zero-order valence-electron chi connectivity index (χ0n) is 15.3. The first-order valence-corrected chi connectivity index (χ1v) is 10.4. The van der Waals surface area contributed by atoms with E-state index >= 15 is 0 Å². The van der Waals surface area contributed by atoms with Crippen LogP contribution >= 0.6 is 0 Å². The number of likely N-dealkylation sites (N-methyl/N-ethyl adjacent to an activating group) is 1. The smallest absolute Gasteiger partial charge is 0.243 e. The van der Waals surface area contributed by atoms with Crippen LogP contribution in [0.5, 0.6) is 5.75 Å². The SMILES string of the molecule is COc1cccc(S(=O)(=O)N2CCC3(CCCN(C)C3C(N)=O)CC2)c1. The Bertz CT molecular complexity index is 772. The maximum atomic E-state index is 13.0. The molecule has 2 aliphatic rings. The number of likely N-dealkylation sites (tertiary alicyclic amines) is 1. The third-order valence-electron chi connectivity index (χ3n) is 5.87. The van der Waals surface area contributed by atoms with Crippen LogP contribution in [0.15, 0.2) is 29.2 Å². The predicted molar refractivity (Wildman–Crippen MR) is 98.3 cm³/mol. The lowest BCUT2D eigenvalue weighted by Crippen LogP contribution is -2.60. The predicted octanol–water partition coefficient (Wildman–Crippen LogP) is 1.05. The number of carbonyl (C=O) groups excluding carboxylic acids is 1. The van der Waals surface area contributed by atoms with Crippen molar-refractivity contribution < 1.29 is 17.9 Å². The fraction of sp³-hybridized carbons (Fsp3) is 0.611. The third-order valence-corrected chi connectivity index (χ3v) is 7.77. The number of piperidine rings is 2. The molecular formula is C18H27N3O4S. The van der Waals surface area contributed by atoms with Crippen molar-refractivity contribution in [3.63, 3.8) is 0 Å². The number of hydrogen-bond acceptors (Lipinski definition) is 5. The Labute approximate surface area is 155 Å². The third kappa shape index (κ3) is 3.33. The van der Waals surface area contributed by atoms with Crippen molar-refractivity contribution >= 4 is 15.9 Å². The highest BCUT2D eigenvalue weighted by molar-refractivity contribution is 7.89. The summed E-state index contributed by atoms with van der Waals surface area (Å²) < 4.78 is 32.6. The molecule has 1 unspecified atom stereocenters. The molecule has 1 spiro atoms. The van der Waals surface area contributed by atoms with Crippen LogP contribution < -0.4 is 10.5 Å². The fourth-order valence-electron chi connectivity index (χ4n) is 4.54. The van der Waals surface area contributed by atoms with Gasteiger partial charge in [-0.05, 0) is 56.8 Å². The van der Waals surface area contributed by atoms with Crippen molar-refractivity contribution in [2.45, 2.75) is 36.6 Å². The van der Waals surface area contributed by atoms with Gasteiger partial charge in [-0.25, -0.2) is 8.42 Å². The van der Waals surface area contributed by atoms with E-state index in [1.807, 2.05) is 11.9 Å². The van der Waals surface area contributed by atoms with Crippen molar-refractivity contribution in [1.29, 1.82) is 0 Å². The molecule has 2 heterocycles. The van der Waals surface area contributed by atoms with Gasteiger partial charge in [-0.3, -0.25) is 9.69 Å². The molecule has 2 saturated heterocycles. The lowest BCUT2D eigenvalue weighted by Gasteiger charge is -2.51. The largest absolute Gasteiger partial charge is 0.497 e. The van der Waals surface area contributed by atoms with Gasteiger partial charge in [0, 0.05) is 19.2 Å². The van der Waals surface area contributed by atoms with Crippen LogP contribution in [0.3, 0.4) is 0 Å². The Kier molecular flexibility index (Phi) is 5.28. The maximum absolute atomic E-state index is 13.0. The van der Waals surface area contributed by atoms with Crippen molar-refractivity contribution in [2.75, 3.05) is 33.8 Å². The van der Waals surface area contributed by atoms with Gasteiger partial charge in [0.25, 0.3) is 0 Å². The highest BCUT2D eigenvalue weighted by Crippen LogP contribution is 2.45. The summed E-state index contributed by atoms with van der Waals surface area (Å²) >= 11 is 0. The van der Waals surface area contributed by atoms with E-state index in [4.69, 9.17) is 10.5 Å². The van der Waals surface area contributed by atoms with E-state index in [0.717, 1.165) is 19.4 Å². The molecule has 0 aromatic heterocycles. The van der Waals surface area contributed by atoms with Crippen molar-refractivity contribution in [2.24, 2.45) is 11.1 Å². The maximum Gasteiger partial charge on any atom is 0.243 e. The first-order valence-electron chi connectivity index (χ1n) is 8.94. The summed E-state index contributed by atoms with van der Waals surface area (Å²) in [6.45, 7) is 1.65. The Morgan fingerprint density at radius 3 is 2.54 bits per heavy atom. The summed E-state index contributed by atoms with van der Waals surface area (Å²) in [4.78, 5) is 14.3. The van der Waals surface area contributed by atoms with Gasteiger partial charge in [-0.1, -0.05) is 6.07 Å². The topological polar surface area (TPSA) is 92.9 Å². The second kappa shape index (κ2) is 7.17. The molecule has 26 heavy (non-hydrogen) atoms. The van der Waals surface area contributed by atoms with Gasteiger partial charge < -0.3 is 10.5 Å². The molecule has 8 heteroatoms. The second-order valence-corrected chi connectivity index (χ2v) is 9.27. The Morgan fingerprint density at radius 2 is 1.92 bits per heavy atom. The summed E-state index contributed by atoms with van der Waals surface area (Å²) in [5, 5.41) is 0. The number of rotatable bonds is 4. The van der Waals surface area contributed by atoms with Crippen molar-refractivity contribution in [3.05, 3.63) is 24.3 Å². The zero-order chi connectivity index (χ0) is 18.9.